The molecule has 1 aliphatic heterocycles. The van der Waals surface area contributed by atoms with E-state index in [1.54, 1.807) is 0 Å². The molecule has 0 aromatic heterocycles. The Hall–Kier alpha value is 0.162. The second-order valence-corrected chi connectivity index (χ2v) is 11.7. The van der Waals surface area contributed by atoms with Crippen molar-refractivity contribution in [3.05, 3.63) is 0 Å². The maximum Gasteiger partial charge on any atom is 0.376 e. The van der Waals surface area contributed by atoms with E-state index >= 15 is 0 Å². The molecule has 1 aliphatic rings. The highest BCUT2D eigenvalue weighted by atomic mass is 28.4. The average Bonchev–Trinajstić information content (AvgIpc) is 2.43. The van der Waals surface area contributed by atoms with Crippen LogP contribution in [0.15, 0.2) is 0 Å². The summed E-state index contributed by atoms with van der Waals surface area (Å²) in [6.07, 6.45) is 1.33. The highest BCUT2D eigenvalue weighted by molar-refractivity contribution is 6.74. The van der Waals surface area contributed by atoms with Crippen molar-refractivity contribution < 1.29 is 9.45 Å². The molecule has 0 aromatic carbocycles. The van der Waals surface area contributed by atoms with Gasteiger partial charge in [0.05, 0.1) is 6.10 Å². The Morgan fingerprint density at radius 3 is 2.24 bits per heavy atom. The van der Waals surface area contributed by atoms with Crippen LogP contribution in [0.2, 0.25) is 25.0 Å². The summed E-state index contributed by atoms with van der Waals surface area (Å²) in [7, 11) is -2.04. The van der Waals surface area contributed by atoms with E-state index in [1.807, 2.05) is 6.82 Å². The van der Waals surface area contributed by atoms with Crippen molar-refractivity contribution in [1.29, 1.82) is 0 Å². The van der Waals surface area contributed by atoms with Gasteiger partial charge in [-0.3, -0.25) is 0 Å². The van der Waals surface area contributed by atoms with Crippen molar-refractivity contribution in [2.75, 3.05) is 6.54 Å². The van der Waals surface area contributed by atoms with Crippen LogP contribution in [0.1, 0.15) is 34.1 Å². The minimum atomic E-state index is -1.67. The predicted octanol–water partition coefficient (Wildman–Crippen LogP) is 2.58. The third-order valence-electron chi connectivity index (χ3n) is 4.33. The van der Waals surface area contributed by atoms with Crippen LogP contribution in [-0.2, 0) is 4.43 Å². The van der Waals surface area contributed by atoms with Crippen molar-refractivity contribution in [2.24, 2.45) is 0 Å². The molecule has 2 atom stereocenters. The smallest absolute Gasteiger partial charge is 0.376 e. The maximum atomic E-state index is 9.68. The molecule has 0 saturated carbocycles. The second-order valence-electron chi connectivity index (χ2n) is 6.91. The van der Waals surface area contributed by atoms with Gasteiger partial charge in [-0.2, -0.15) is 0 Å². The topological polar surface area (TPSA) is 32.7 Å². The summed E-state index contributed by atoms with van der Waals surface area (Å²) in [5.41, 5.74) is 0. The fourth-order valence-corrected chi connectivity index (χ4v) is 3.56. The van der Waals surface area contributed by atoms with Crippen molar-refractivity contribution in [1.82, 2.24) is 4.81 Å². The summed E-state index contributed by atoms with van der Waals surface area (Å²) in [5, 5.41) is 9.94. The van der Waals surface area contributed by atoms with Gasteiger partial charge < -0.3 is 14.3 Å². The molecule has 0 amide bonds. The molecular weight excluding hydrogens is 229 g/mol. The number of rotatable bonds is 3. The van der Waals surface area contributed by atoms with E-state index in [0.717, 1.165) is 13.0 Å². The molecule has 5 heteroatoms. The van der Waals surface area contributed by atoms with E-state index in [4.69, 9.17) is 4.43 Å². The molecule has 1 fully saturated rings. The fourth-order valence-electron chi connectivity index (χ4n) is 2.21. The largest absolute Gasteiger partial charge is 0.437 e. The Kier molecular flexibility index (Phi) is 4.51. The summed E-state index contributed by atoms with van der Waals surface area (Å²) >= 11 is 0. The third-order valence-corrected chi connectivity index (χ3v) is 8.87. The van der Waals surface area contributed by atoms with Crippen LogP contribution in [-0.4, -0.2) is 43.9 Å². The van der Waals surface area contributed by atoms with Gasteiger partial charge in [0.15, 0.2) is 8.32 Å². The van der Waals surface area contributed by atoms with Crippen LogP contribution < -0.4 is 0 Å². The molecule has 0 bridgehead atoms. The summed E-state index contributed by atoms with van der Waals surface area (Å²) in [5.74, 6) is 0. The minimum Gasteiger partial charge on any atom is -0.437 e. The van der Waals surface area contributed by atoms with Crippen molar-refractivity contribution in [3.8, 4) is 0 Å². The molecule has 17 heavy (non-hydrogen) atoms. The molecule has 0 spiro atoms. The van der Waals surface area contributed by atoms with E-state index in [0.29, 0.717) is 12.1 Å². The van der Waals surface area contributed by atoms with Crippen LogP contribution in [0.25, 0.3) is 0 Å². The molecule has 100 valence electrons. The quantitative estimate of drug-likeness (QED) is 0.789. The van der Waals surface area contributed by atoms with Crippen LogP contribution in [0.4, 0.5) is 0 Å². The average molecular weight is 257 g/mol. The predicted molar refractivity (Wildman–Crippen MR) is 76.7 cm³/mol. The Morgan fingerprint density at radius 2 is 1.88 bits per heavy atom. The van der Waals surface area contributed by atoms with Crippen molar-refractivity contribution in [2.45, 2.75) is 71.2 Å². The molecule has 1 saturated heterocycles. The van der Waals surface area contributed by atoms with Gasteiger partial charge in [-0.15, -0.1) is 0 Å². The summed E-state index contributed by atoms with van der Waals surface area (Å²) in [6, 6.07) is 0.421. The lowest BCUT2D eigenvalue weighted by atomic mass is 9.84. The van der Waals surface area contributed by atoms with Gasteiger partial charge >= 0.3 is 7.05 Å². The first-order valence-electron chi connectivity index (χ1n) is 6.66. The highest BCUT2D eigenvalue weighted by Gasteiger charge is 2.42. The monoisotopic (exact) mass is 257 g/mol. The zero-order valence-corrected chi connectivity index (χ0v) is 13.4. The third kappa shape index (κ3) is 3.56. The first kappa shape index (κ1) is 15.2. The van der Waals surface area contributed by atoms with Gasteiger partial charge in [-0.05, 0) is 31.4 Å². The van der Waals surface area contributed by atoms with Crippen LogP contribution >= 0.6 is 0 Å². The molecule has 3 nitrogen and oxygen atoms in total. The Labute approximate surface area is 108 Å². The van der Waals surface area contributed by atoms with E-state index in [1.165, 1.54) is 0 Å². The van der Waals surface area contributed by atoms with E-state index in [9.17, 15) is 5.02 Å². The molecule has 0 radical (unpaired) electrons. The zero-order valence-electron chi connectivity index (χ0n) is 12.4. The SMILES string of the molecule is CB(O)N1C[C@@H](O[Si](C)(C)C(C)(C)C)C[C@@H]1C. The molecule has 1 rings (SSSR count). The van der Waals surface area contributed by atoms with Gasteiger partial charge in [0.2, 0.25) is 0 Å². The van der Waals surface area contributed by atoms with Crippen LogP contribution in [0.5, 0.6) is 0 Å². The maximum absolute atomic E-state index is 9.68. The molecule has 1 N–H and O–H groups in total. The van der Waals surface area contributed by atoms with Crippen molar-refractivity contribution >= 4 is 15.4 Å². The minimum absolute atomic E-state index is 0.258. The van der Waals surface area contributed by atoms with Crippen molar-refractivity contribution in [3.63, 3.8) is 0 Å². The van der Waals surface area contributed by atoms with Crippen LogP contribution in [0, 0.1) is 0 Å². The van der Waals surface area contributed by atoms with E-state index in [-0.39, 0.29) is 12.1 Å². The van der Waals surface area contributed by atoms with Gasteiger partial charge in [-0.25, -0.2) is 0 Å². The highest BCUT2D eigenvalue weighted by Crippen LogP contribution is 2.38. The lowest BCUT2D eigenvalue weighted by molar-refractivity contribution is 0.191. The molecule has 0 aliphatic carbocycles. The molecule has 1 heterocycles. The van der Waals surface area contributed by atoms with Gasteiger partial charge in [0.25, 0.3) is 0 Å². The van der Waals surface area contributed by atoms with Gasteiger partial charge in [0, 0.05) is 12.6 Å². The van der Waals surface area contributed by atoms with Gasteiger partial charge in [0.1, 0.15) is 0 Å². The van der Waals surface area contributed by atoms with E-state index < -0.39 is 8.32 Å². The van der Waals surface area contributed by atoms with E-state index in [2.05, 4.69) is 45.6 Å². The molecule has 0 unspecified atom stereocenters. The second kappa shape index (κ2) is 5.04. The standard InChI is InChI=1S/C12H28BNO2Si/c1-10-8-11(9-14(10)13(5)15)16-17(6,7)12(2,3)4/h10-11,15H,8-9H2,1-7H3/t10-,11-/m0/s1. The van der Waals surface area contributed by atoms with Crippen LogP contribution in [0.3, 0.4) is 0 Å². The fraction of sp³-hybridized carbons (Fsp3) is 1.00. The number of hydrogen-bond acceptors (Lipinski definition) is 3. The summed E-state index contributed by atoms with van der Waals surface area (Å²) < 4.78 is 6.40. The number of hydrogen-bond donors (Lipinski definition) is 1. The molecule has 0 aromatic rings. The molecular formula is C12H28BNO2Si. The Bertz CT molecular complexity index is 266. The zero-order chi connectivity index (χ0) is 13.4. The Morgan fingerprint density at radius 1 is 1.35 bits per heavy atom. The summed E-state index contributed by atoms with van der Waals surface area (Å²) in [4.78, 5) is 2.12. The first-order valence-corrected chi connectivity index (χ1v) is 9.57. The first-order chi connectivity index (χ1) is 7.54. The van der Waals surface area contributed by atoms with Gasteiger partial charge in [-0.1, -0.05) is 27.7 Å². The lowest BCUT2D eigenvalue weighted by Gasteiger charge is -2.38. The summed E-state index contributed by atoms with van der Waals surface area (Å²) in [6.45, 7) is 16.3. The lowest BCUT2D eigenvalue weighted by Crippen LogP contribution is -2.45. The Balaban J connectivity index is 2.61. The number of nitrogens with zero attached hydrogens (tertiary/aromatic N) is 1. The normalized spacial score (nSPS) is 27.5.